The highest BCUT2D eigenvalue weighted by molar-refractivity contribution is 5.25. The van der Waals surface area contributed by atoms with E-state index in [2.05, 4.69) is 0 Å². The van der Waals surface area contributed by atoms with Crippen LogP contribution in [0.5, 0.6) is 0 Å². The lowest BCUT2D eigenvalue weighted by Crippen LogP contribution is -2.36. The Bertz CT molecular complexity index is 354. The first-order chi connectivity index (χ1) is 8.38. The zero-order valence-electron chi connectivity index (χ0n) is 10.3. The first-order valence-corrected chi connectivity index (χ1v) is 6.27. The molecule has 2 aliphatic rings. The fourth-order valence-corrected chi connectivity index (χ4v) is 2.55. The van der Waals surface area contributed by atoms with E-state index in [4.69, 9.17) is 0 Å². The molecule has 2 atom stereocenters. The quantitative estimate of drug-likeness (QED) is 0.784. The predicted octanol–water partition coefficient (Wildman–Crippen LogP) is 2.71. The van der Waals surface area contributed by atoms with Gasteiger partial charge in [-0.25, -0.2) is 0 Å². The molecule has 0 amide bonds. The number of piperidine rings is 1. The smallest absolute Gasteiger partial charge is 0.393 e. The second-order valence-corrected chi connectivity index (χ2v) is 5.10. The standard InChI is InChI=1S/C13H18F3NO/c1-9-8-10(2-3-12(9)13(14,15)16)17-6-4-11(18)5-7-17/h2-3,8-9,11-12,18H,4-7H2,1H3. The lowest BCUT2D eigenvalue weighted by atomic mass is 9.88. The van der Waals surface area contributed by atoms with Gasteiger partial charge in [-0.2, -0.15) is 13.2 Å². The molecule has 1 aliphatic heterocycles. The average molecular weight is 261 g/mol. The van der Waals surface area contributed by atoms with E-state index >= 15 is 0 Å². The van der Waals surface area contributed by atoms with Gasteiger partial charge in [0.15, 0.2) is 0 Å². The van der Waals surface area contributed by atoms with Gasteiger partial charge in [-0.3, -0.25) is 0 Å². The van der Waals surface area contributed by atoms with Crippen molar-refractivity contribution >= 4 is 0 Å². The first kappa shape index (κ1) is 13.5. The predicted molar refractivity (Wildman–Crippen MR) is 62.7 cm³/mol. The fourth-order valence-electron chi connectivity index (χ4n) is 2.55. The summed E-state index contributed by atoms with van der Waals surface area (Å²) >= 11 is 0. The van der Waals surface area contributed by atoms with E-state index < -0.39 is 18.0 Å². The Labute approximate surface area is 105 Å². The van der Waals surface area contributed by atoms with Crippen LogP contribution in [0, 0.1) is 11.8 Å². The molecule has 1 saturated heterocycles. The Hall–Kier alpha value is -0.970. The van der Waals surface area contributed by atoms with Crippen LogP contribution in [0.15, 0.2) is 23.9 Å². The van der Waals surface area contributed by atoms with E-state index in [-0.39, 0.29) is 6.10 Å². The number of alkyl halides is 3. The molecule has 2 nitrogen and oxygen atoms in total. The number of hydrogen-bond donors (Lipinski definition) is 1. The number of allylic oxidation sites excluding steroid dienone is 3. The maximum absolute atomic E-state index is 12.7. The summed E-state index contributed by atoms with van der Waals surface area (Å²) in [5, 5.41) is 9.41. The zero-order chi connectivity index (χ0) is 13.3. The Kier molecular flexibility index (Phi) is 3.71. The molecule has 0 saturated carbocycles. The molecular weight excluding hydrogens is 243 g/mol. The minimum atomic E-state index is -4.17. The normalized spacial score (nSPS) is 30.5. The number of likely N-dealkylation sites (tertiary alicyclic amines) is 1. The monoisotopic (exact) mass is 261 g/mol. The molecule has 0 aromatic heterocycles. The highest BCUT2D eigenvalue weighted by atomic mass is 19.4. The van der Waals surface area contributed by atoms with Crippen molar-refractivity contribution < 1.29 is 18.3 Å². The number of halogens is 3. The van der Waals surface area contributed by atoms with Gasteiger partial charge in [-0.15, -0.1) is 0 Å². The highest BCUT2D eigenvalue weighted by Crippen LogP contribution is 2.37. The van der Waals surface area contributed by atoms with E-state index in [1.807, 2.05) is 4.90 Å². The Morgan fingerprint density at radius 3 is 2.39 bits per heavy atom. The van der Waals surface area contributed by atoms with Gasteiger partial charge >= 0.3 is 6.18 Å². The summed E-state index contributed by atoms with van der Waals surface area (Å²) < 4.78 is 38.1. The summed E-state index contributed by atoms with van der Waals surface area (Å²) in [6.07, 6.45) is 1.44. The van der Waals surface area contributed by atoms with Gasteiger partial charge in [-0.1, -0.05) is 19.1 Å². The van der Waals surface area contributed by atoms with Gasteiger partial charge in [0.1, 0.15) is 0 Å². The van der Waals surface area contributed by atoms with Crippen molar-refractivity contribution in [3.8, 4) is 0 Å². The van der Waals surface area contributed by atoms with Gasteiger partial charge in [0.2, 0.25) is 0 Å². The molecule has 1 heterocycles. The van der Waals surface area contributed by atoms with E-state index in [1.165, 1.54) is 6.08 Å². The summed E-state index contributed by atoms with van der Waals surface area (Å²) in [7, 11) is 0. The highest BCUT2D eigenvalue weighted by Gasteiger charge is 2.42. The third-order valence-electron chi connectivity index (χ3n) is 3.68. The molecule has 2 unspecified atom stereocenters. The SMILES string of the molecule is CC1C=C(N2CCC(O)CC2)C=CC1C(F)(F)F. The number of aliphatic hydroxyl groups is 1. The molecule has 5 heteroatoms. The van der Waals surface area contributed by atoms with Crippen molar-refractivity contribution in [1.29, 1.82) is 0 Å². The van der Waals surface area contributed by atoms with Gasteiger partial charge in [-0.05, 0) is 24.8 Å². The van der Waals surface area contributed by atoms with Crippen LogP contribution in [0.25, 0.3) is 0 Å². The number of hydrogen-bond acceptors (Lipinski definition) is 2. The van der Waals surface area contributed by atoms with E-state index in [9.17, 15) is 18.3 Å². The lowest BCUT2D eigenvalue weighted by molar-refractivity contribution is -0.169. The molecule has 2 rings (SSSR count). The van der Waals surface area contributed by atoms with Crippen LogP contribution < -0.4 is 0 Å². The maximum Gasteiger partial charge on any atom is 0.395 e. The number of rotatable bonds is 1. The van der Waals surface area contributed by atoms with Crippen LogP contribution >= 0.6 is 0 Å². The van der Waals surface area contributed by atoms with Gasteiger partial charge in [0, 0.05) is 18.8 Å². The second-order valence-electron chi connectivity index (χ2n) is 5.10. The van der Waals surface area contributed by atoms with Crippen molar-refractivity contribution in [3.63, 3.8) is 0 Å². The molecule has 0 aromatic carbocycles. The van der Waals surface area contributed by atoms with Gasteiger partial charge in [0.05, 0.1) is 12.0 Å². The van der Waals surface area contributed by atoms with Crippen LogP contribution in [0.4, 0.5) is 13.2 Å². The Balaban J connectivity index is 2.03. The van der Waals surface area contributed by atoms with Gasteiger partial charge < -0.3 is 10.0 Å². The van der Waals surface area contributed by atoms with Crippen LogP contribution in [0.3, 0.4) is 0 Å². The summed E-state index contributed by atoms with van der Waals surface area (Å²) in [6.45, 7) is 3.02. The third-order valence-corrected chi connectivity index (χ3v) is 3.68. The molecule has 1 N–H and O–H groups in total. The van der Waals surface area contributed by atoms with Gasteiger partial charge in [0.25, 0.3) is 0 Å². The Morgan fingerprint density at radius 2 is 1.89 bits per heavy atom. The minimum absolute atomic E-state index is 0.269. The van der Waals surface area contributed by atoms with E-state index in [1.54, 1.807) is 19.1 Å². The van der Waals surface area contributed by atoms with Crippen molar-refractivity contribution in [2.75, 3.05) is 13.1 Å². The molecule has 0 bridgehead atoms. The number of aliphatic hydroxyl groups excluding tert-OH is 1. The largest absolute Gasteiger partial charge is 0.395 e. The third kappa shape index (κ3) is 2.88. The summed E-state index contributed by atoms with van der Waals surface area (Å²) in [4.78, 5) is 2.05. The lowest BCUT2D eigenvalue weighted by Gasteiger charge is -2.35. The van der Waals surface area contributed by atoms with Crippen LogP contribution in [0.1, 0.15) is 19.8 Å². The number of nitrogens with zero attached hydrogens (tertiary/aromatic N) is 1. The molecule has 0 radical (unpaired) electrons. The van der Waals surface area contributed by atoms with Crippen molar-refractivity contribution in [3.05, 3.63) is 23.9 Å². The maximum atomic E-state index is 12.7. The topological polar surface area (TPSA) is 23.5 Å². The first-order valence-electron chi connectivity index (χ1n) is 6.27. The van der Waals surface area contributed by atoms with Crippen LogP contribution in [-0.4, -0.2) is 35.4 Å². The molecule has 102 valence electrons. The van der Waals surface area contributed by atoms with Crippen LogP contribution in [-0.2, 0) is 0 Å². The van der Waals surface area contributed by atoms with Crippen molar-refractivity contribution in [2.45, 2.75) is 32.0 Å². The average Bonchev–Trinajstić information content (AvgIpc) is 2.28. The summed E-state index contributed by atoms with van der Waals surface area (Å²) in [6, 6.07) is 0. The Morgan fingerprint density at radius 1 is 1.28 bits per heavy atom. The van der Waals surface area contributed by atoms with E-state index in [0.717, 1.165) is 5.70 Å². The molecular formula is C13H18F3NO. The molecule has 18 heavy (non-hydrogen) atoms. The molecule has 1 fully saturated rings. The summed E-state index contributed by atoms with van der Waals surface area (Å²) in [5.74, 6) is -1.91. The zero-order valence-corrected chi connectivity index (χ0v) is 10.3. The summed E-state index contributed by atoms with van der Waals surface area (Å²) in [5.41, 5.74) is 0.856. The minimum Gasteiger partial charge on any atom is -0.393 e. The van der Waals surface area contributed by atoms with Crippen molar-refractivity contribution in [2.24, 2.45) is 11.8 Å². The van der Waals surface area contributed by atoms with Crippen molar-refractivity contribution in [1.82, 2.24) is 4.90 Å². The molecule has 0 spiro atoms. The van der Waals surface area contributed by atoms with Crippen LogP contribution in [0.2, 0.25) is 0 Å². The van der Waals surface area contributed by atoms with E-state index in [0.29, 0.717) is 25.9 Å². The fraction of sp³-hybridized carbons (Fsp3) is 0.692. The second kappa shape index (κ2) is 4.96. The molecule has 1 aliphatic carbocycles. The molecule has 0 aromatic rings.